The van der Waals surface area contributed by atoms with Gasteiger partial charge in [0.05, 0.1) is 12.2 Å². The van der Waals surface area contributed by atoms with E-state index in [2.05, 4.69) is 20.8 Å². The minimum atomic E-state index is -1.79. The molecule has 5 heterocycles. The van der Waals surface area contributed by atoms with Gasteiger partial charge in [-0.15, -0.1) is 0 Å². The van der Waals surface area contributed by atoms with Gasteiger partial charge in [-0.1, -0.05) is 20.8 Å². The highest BCUT2D eigenvalue weighted by molar-refractivity contribution is 5.73. The third-order valence-electron chi connectivity index (χ3n) is 8.75. The Morgan fingerprint density at radius 2 is 1.79 bits per heavy atom. The minimum Gasteiger partial charge on any atom is -0.479 e. The van der Waals surface area contributed by atoms with E-state index in [4.69, 9.17) is 28.7 Å². The Bertz CT molecular complexity index is 795. The molecule has 0 aromatic heterocycles. The number of carbonyl (C=O) groups is 1. The number of aliphatic carboxylic acids is 1. The second kappa shape index (κ2) is 8.60. The van der Waals surface area contributed by atoms with Crippen molar-refractivity contribution >= 4 is 5.97 Å². The summed E-state index contributed by atoms with van der Waals surface area (Å²) in [6.07, 6.45) is -6.80. The zero-order valence-electron chi connectivity index (χ0n) is 19.9. The topological polar surface area (TPSA) is 153 Å². The molecule has 14 atom stereocenters. The molecule has 6 aliphatic rings. The number of fused-ring (bicyclic) bond motifs is 2. The van der Waals surface area contributed by atoms with Crippen LogP contribution >= 0.6 is 0 Å². The molecule has 0 aromatic carbocycles. The van der Waals surface area contributed by atoms with Crippen molar-refractivity contribution in [3.05, 3.63) is 0 Å². The zero-order chi connectivity index (χ0) is 24.6. The van der Waals surface area contributed by atoms with Gasteiger partial charge in [0.15, 0.2) is 24.3 Å². The van der Waals surface area contributed by atoms with E-state index in [1.165, 1.54) is 0 Å². The van der Waals surface area contributed by atoms with Crippen LogP contribution in [0.4, 0.5) is 0 Å². The van der Waals surface area contributed by atoms with Crippen LogP contribution in [0.15, 0.2) is 0 Å². The molecule has 6 fully saturated rings. The quantitative estimate of drug-likeness (QED) is 0.410. The Kier molecular flexibility index (Phi) is 6.27. The fraction of sp³-hybridized carbons (Fsp3) is 0.957. The van der Waals surface area contributed by atoms with Crippen molar-refractivity contribution in [2.24, 2.45) is 23.7 Å². The summed E-state index contributed by atoms with van der Waals surface area (Å²) in [6, 6.07) is 0. The molecule has 1 spiro atoms. The van der Waals surface area contributed by atoms with Crippen molar-refractivity contribution in [2.75, 3.05) is 0 Å². The highest BCUT2D eigenvalue weighted by atomic mass is 17.3. The van der Waals surface area contributed by atoms with Crippen LogP contribution < -0.4 is 0 Å². The number of hydrogen-bond donors (Lipinski definition) is 4. The first kappa shape index (κ1) is 24.8. The second-order valence-electron chi connectivity index (χ2n) is 10.8. The lowest BCUT2D eigenvalue weighted by Gasteiger charge is -2.61. The number of rotatable bonds is 4. The zero-order valence-corrected chi connectivity index (χ0v) is 19.9. The van der Waals surface area contributed by atoms with Gasteiger partial charge in [-0.3, -0.25) is 0 Å². The van der Waals surface area contributed by atoms with Crippen molar-refractivity contribution in [3.63, 3.8) is 0 Å². The lowest BCUT2D eigenvalue weighted by Crippen LogP contribution is -2.71. The normalized spacial score (nSPS) is 57.0. The number of aliphatic hydroxyl groups excluding tert-OH is 3. The number of carboxylic acid groups (broad SMARTS) is 1. The summed E-state index contributed by atoms with van der Waals surface area (Å²) < 4.78 is 24.5. The maximum absolute atomic E-state index is 11.6. The highest BCUT2D eigenvalue weighted by Gasteiger charge is 2.72. The third-order valence-corrected chi connectivity index (χ3v) is 8.75. The number of hydrogen-bond acceptors (Lipinski definition) is 10. The number of aliphatic hydroxyl groups is 3. The summed E-state index contributed by atoms with van der Waals surface area (Å²) in [7, 11) is 0. The Hall–Kier alpha value is -0.890. The molecule has 0 radical (unpaired) electrons. The summed E-state index contributed by atoms with van der Waals surface area (Å²) in [6.45, 7) is 8.06. The van der Waals surface area contributed by atoms with Crippen molar-refractivity contribution in [1.29, 1.82) is 0 Å². The van der Waals surface area contributed by atoms with Gasteiger partial charge in [-0.25, -0.2) is 14.6 Å². The van der Waals surface area contributed by atoms with Gasteiger partial charge in [0.2, 0.25) is 5.79 Å². The molecule has 14 unspecified atom stereocenters. The first-order chi connectivity index (χ1) is 16.0. The van der Waals surface area contributed by atoms with E-state index in [1.807, 2.05) is 0 Å². The molecule has 34 heavy (non-hydrogen) atoms. The van der Waals surface area contributed by atoms with E-state index in [-0.39, 0.29) is 36.2 Å². The molecular weight excluding hydrogens is 452 g/mol. The van der Waals surface area contributed by atoms with Crippen molar-refractivity contribution in [3.8, 4) is 0 Å². The fourth-order valence-corrected chi connectivity index (χ4v) is 7.05. The van der Waals surface area contributed by atoms with E-state index in [9.17, 15) is 25.2 Å². The molecule has 0 aromatic rings. The Balaban J connectivity index is 1.50. The predicted octanol–water partition coefficient (Wildman–Crippen LogP) is 0.534. The minimum absolute atomic E-state index is 0.0112. The van der Waals surface area contributed by atoms with E-state index in [1.54, 1.807) is 6.92 Å². The summed E-state index contributed by atoms with van der Waals surface area (Å²) in [5.74, 6) is -2.58. The number of carboxylic acids is 1. The predicted molar refractivity (Wildman–Crippen MR) is 112 cm³/mol. The van der Waals surface area contributed by atoms with Crippen LogP contribution in [-0.2, 0) is 33.5 Å². The van der Waals surface area contributed by atoms with Crippen LogP contribution in [-0.4, -0.2) is 87.0 Å². The highest BCUT2D eigenvalue weighted by Crippen LogP contribution is 2.61. The Morgan fingerprint density at radius 3 is 2.47 bits per heavy atom. The molecular formula is C23H36O11. The smallest absolute Gasteiger partial charge is 0.335 e. The van der Waals surface area contributed by atoms with E-state index < -0.39 is 60.5 Å². The molecule has 2 bridgehead atoms. The SMILES string of the molecule is CCC1OC2OC3(C)CC(OC4OC(C(=O)O)C(O)C(O)C4O)C4C(C)CCC(C1C)C24OO3. The average Bonchev–Trinajstić information content (AvgIpc) is 2.98. The average molecular weight is 489 g/mol. The number of ether oxygens (including phenoxy) is 4. The van der Waals surface area contributed by atoms with Crippen LogP contribution in [0.1, 0.15) is 53.4 Å². The van der Waals surface area contributed by atoms with Crippen molar-refractivity contribution in [1.82, 2.24) is 0 Å². The van der Waals surface area contributed by atoms with E-state index in [0.717, 1.165) is 19.3 Å². The maximum Gasteiger partial charge on any atom is 0.335 e. The molecule has 194 valence electrons. The first-order valence-corrected chi connectivity index (χ1v) is 12.3. The van der Waals surface area contributed by atoms with Crippen LogP contribution in [0.3, 0.4) is 0 Å². The van der Waals surface area contributed by atoms with Crippen LogP contribution in [0.25, 0.3) is 0 Å². The monoisotopic (exact) mass is 488 g/mol. The standard InChI is InChI=1S/C23H36O11/c1-5-12-10(3)11-7-6-9(2)14-13(8-22(4)32-21(30-12)23(11,14)34-33-22)29-20-17(26)15(24)16(25)18(31-20)19(27)28/h9-18,20-21,24-26H,5-8H2,1-4H3,(H,27,28). The summed E-state index contributed by atoms with van der Waals surface area (Å²) >= 11 is 0. The second-order valence-corrected chi connectivity index (χ2v) is 10.8. The lowest BCUT2D eigenvalue weighted by atomic mass is 9.56. The summed E-state index contributed by atoms with van der Waals surface area (Å²) in [4.78, 5) is 23.6. The summed E-state index contributed by atoms with van der Waals surface area (Å²) in [5.41, 5.74) is -0.951. The van der Waals surface area contributed by atoms with Gasteiger partial charge < -0.3 is 39.4 Å². The molecule has 5 aliphatic heterocycles. The largest absolute Gasteiger partial charge is 0.479 e. The van der Waals surface area contributed by atoms with Crippen molar-refractivity contribution < 1.29 is 53.9 Å². The molecule has 0 amide bonds. The molecule has 4 N–H and O–H groups in total. The Labute approximate surface area is 198 Å². The van der Waals surface area contributed by atoms with Gasteiger partial charge >= 0.3 is 5.97 Å². The fourth-order valence-electron chi connectivity index (χ4n) is 7.05. The van der Waals surface area contributed by atoms with Gasteiger partial charge in [0, 0.05) is 18.3 Å². The van der Waals surface area contributed by atoms with Crippen LogP contribution in [0, 0.1) is 23.7 Å². The molecule has 11 nitrogen and oxygen atoms in total. The summed E-state index contributed by atoms with van der Waals surface area (Å²) in [5, 5.41) is 40.3. The first-order valence-electron chi connectivity index (χ1n) is 12.3. The lowest BCUT2D eigenvalue weighted by molar-refractivity contribution is -0.571. The Morgan fingerprint density at radius 1 is 1.06 bits per heavy atom. The van der Waals surface area contributed by atoms with Gasteiger partial charge in [0.25, 0.3) is 0 Å². The molecule has 11 heteroatoms. The van der Waals surface area contributed by atoms with E-state index in [0.29, 0.717) is 0 Å². The van der Waals surface area contributed by atoms with Gasteiger partial charge in [-0.2, -0.15) is 0 Å². The van der Waals surface area contributed by atoms with E-state index >= 15 is 0 Å². The van der Waals surface area contributed by atoms with Gasteiger partial charge in [0.1, 0.15) is 18.3 Å². The molecule has 1 aliphatic carbocycles. The van der Waals surface area contributed by atoms with Crippen LogP contribution in [0.2, 0.25) is 0 Å². The van der Waals surface area contributed by atoms with Crippen LogP contribution in [0.5, 0.6) is 0 Å². The molecule has 5 saturated heterocycles. The molecule has 1 saturated carbocycles. The molecule has 6 rings (SSSR count). The van der Waals surface area contributed by atoms with Gasteiger partial charge in [-0.05, 0) is 38.0 Å². The maximum atomic E-state index is 11.6. The van der Waals surface area contributed by atoms with Crippen molar-refractivity contribution in [2.45, 2.75) is 114 Å². The third kappa shape index (κ3) is 3.55.